The van der Waals surface area contributed by atoms with Crippen molar-refractivity contribution in [3.05, 3.63) is 29.6 Å². The molecule has 5 nitrogen and oxygen atoms in total. The van der Waals surface area contributed by atoms with Crippen LogP contribution in [0.1, 0.15) is 31.0 Å². The van der Waals surface area contributed by atoms with Crippen molar-refractivity contribution < 1.29 is 14.3 Å². The van der Waals surface area contributed by atoms with E-state index in [2.05, 4.69) is 4.98 Å². The molecule has 0 aliphatic heterocycles. The number of aryl methyl sites for hydroxylation is 2. The van der Waals surface area contributed by atoms with Crippen molar-refractivity contribution in [3.8, 4) is 0 Å². The predicted octanol–water partition coefficient (Wildman–Crippen LogP) is 1.73. The second-order valence-electron chi connectivity index (χ2n) is 4.71. The Morgan fingerprint density at radius 2 is 2.15 bits per heavy atom. The van der Waals surface area contributed by atoms with E-state index in [-0.39, 0.29) is 18.4 Å². The van der Waals surface area contributed by atoms with Gasteiger partial charge in [-0.1, -0.05) is 0 Å². The van der Waals surface area contributed by atoms with Crippen molar-refractivity contribution in [1.82, 2.24) is 9.88 Å². The molecular weight excluding hydrogens is 256 g/mol. The number of carbonyl (C=O) groups excluding carboxylic acids is 2. The van der Waals surface area contributed by atoms with Crippen molar-refractivity contribution in [2.24, 2.45) is 0 Å². The Morgan fingerprint density at radius 3 is 2.80 bits per heavy atom. The molecule has 0 saturated carbocycles. The highest BCUT2D eigenvalue weighted by Gasteiger charge is 2.13. The lowest BCUT2D eigenvalue weighted by Crippen LogP contribution is -2.32. The van der Waals surface area contributed by atoms with Gasteiger partial charge in [0, 0.05) is 25.4 Å². The number of likely N-dealkylation sites (N-methyl/N-ethyl adjacent to an activating group) is 1. The molecule has 0 fully saturated rings. The number of esters is 1. The van der Waals surface area contributed by atoms with Gasteiger partial charge in [-0.15, -0.1) is 0 Å². The van der Waals surface area contributed by atoms with Gasteiger partial charge in [0.05, 0.1) is 6.61 Å². The van der Waals surface area contributed by atoms with E-state index in [1.807, 2.05) is 19.1 Å². The fraction of sp³-hybridized carbons (Fsp3) is 0.533. The highest BCUT2D eigenvalue weighted by Crippen LogP contribution is 2.07. The Morgan fingerprint density at radius 1 is 1.40 bits per heavy atom. The van der Waals surface area contributed by atoms with Gasteiger partial charge in [0.2, 0.25) is 5.91 Å². The van der Waals surface area contributed by atoms with E-state index in [0.29, 0.717) is 13.0 Å². The molecule has 0 aliphatic rings. The van der Waals surface area contributed by atoms with Crippen molar-refractivity contribution in [2.75, 3.05) is 20.2 Å². The van der Waals surface area contributed by atoms with Crippen LogP contribution in [0.15, 0.2) is 18.3 Å². The van der Waals surface area contributed by atoms with Gasteiger partial charge in [0.15, 0.2) is 0 Å². The number of rotatable bonds is 7. The molecule has 0 aromatic carbocycles. The molecule has 0 aliphatic carbocycles. The molecule has 0 radical (unpaired) electrons. The van der Waals surface area contributed by atoms with Gasteiger partial charge in [-0.05, 0) is 44.4 Å². The summed E-state index contributed by atoms with van der Waals surface area (Å²) in [6.45, 7) is 4.04. The van der Waals surface area contributed by atoms with Crippen molar-refractivity contribution >= 4 is 11.9 Å². The number of pyridine rings is 1. The first-order valence-corrected chi connectivity index (χ1v) is 6.84. The molecule has 0 unspecified atom stereocenters. The van der Waals surface area contributed by atoms with Crippen LogP contribution in [0.2, 0.25) is 0 Å². The zero-order chi connectivity index (χ0) is 15.0. The molecule has 1 rings (SSSR count). The van der Waals surface area contributed by atoms with Gasteiger partial charge in [0.25, 0.3) is 0 Å². The Hall–Kier alpha value is -1.91. The predicted molar refractivity (Wildman–Crippen MR) is 76.2 cm³/mol. The SMILES string of the molecule is CCOC(=O)CN(C)C(=O)CCCc1ccnc(C)c1. The summed E-state index contributed by atoms with van der Waals surface area (Å²) in [6, 6.07) is 3.98. The molecule has 0 bridgehead atoms. The van der Waals surface area contributed by atoms with Gasteiger partial charge in [-0.25, -0.2) is 0 Å². The molecule has 1 amide bonds. The first kappa shape index (κ1) is 16.1. The molecule has 0 N–H and O–H groups in total. The standard InChI is InChI=1S/C15H22N2O3/c1-4-20-15(19)11-17(3)14(18)7-5-6-13-8-9-16-12(2)10-13/h8-10H,4-7,11H2,1-3H3. The number of amides is 1. The van der Waals surface area contributed by atoms with Crippen molar-refractivity contribution in [2.45, 2.75) is 33.1 Å². The summed E-state index contributed by atoms with van der Waals surface area (Å²) in [5.74, 6) is -0.406. The molecule has 20 heavy (non-hydrogen) atoms. The average Bonchev–Trinajstić information content (AvgIpc) is 2.38. The largest absolute Gasteiger partial charge is 0.465 e. The lowest BCUT2D eigenvalue weighted by atomic mass is 10.1. The Kier molecular flexibility index (Phi) is 6.70. The fourth-order valence-corrected chi connectivity index (χ4v) is 1.88. The summed E-state index contributed by atoms with van der Waals surface area (Å²) >= 11 is 0. The Balaban J connectivity index is 2.30. The number of ether oxygens (including phenoxy) is 1. The van der Waals surface area contributed by atoms with Crippen LogP contribution in [-0.2, 0) is 20.7 Å². The van der Waals surface area contributed by atoms with E-state index in [4.69, 9.17) is 4.74 Å². The summed E-state index contributed by atoms with van der Waals surface area (Å²) in [7, 11) is 1.62. The van der Waals surface area contributed by atoms with E-state index in [1.54, 1.807) is 20.2 Å². The third-order valence-electron chi connectivity index (χ3n) is 2.91. The van der Waals surface area contributed by atoms with Gasteiger partial charge in [-0.2, -0.15) is 0 Å². The van der Waals surface area contributed by atoms with Gasteiger partial charge >= 0.3 is 5.97 Å². The van der Waals surface area contributed by atoms with Crippen LogP contribution in [0.5, 0.6) is 0 Å². The molecule has 110 valence electrons. The minimum Gasteiger partial charge on any atom is -0.465 e. The molecule has 1 heterocycles. The highest BCUT2D eigenvalue weighted by atomic mass is 16.5. The molecule has 1 aromatic heterocycles. The fourth-order valence-electron chi connectivity index (χ4n) is 1.88. The number of hydrogen-bond donors (Lipinski definition) is 0. The average molecular weight is 278 g/mol. The van der Waals surface area contributed by atoms with Crippen LogP contribution in [-0.4, -0.2) is 42.0 Å². The first-order valence-electron chi connectivity index (χ1n) is 6.84. The number of hydrogen-bond acceptors (Lipinski definition) is 4. The second kappa shape index (κ2) is 8.30. The third kappa shape index (κ3) is 5.82. The number of carbonyl (C=O) groups is 2. The maximum atomic E-state index is 11.8. The molecule has 1 aromatic rings. The van der Waals surface area contributed by atoms with E-state index < -0.39 is 0 Å². The summed E-state index contributed by atoms with van der Waals surface area (Å²) in [4.78, 5) is 28.7. The van der Waals surface area contributed by atoms with Crippen molar-refractivity contribution in [1.29, 1.82) is 0 Å². The van der Waals surface area contributed by atoms with Crippen LogP contribution in [0.3, 0.4) is 0 Å². The van der Waals surface area contributed by atoms with E-state index >= 15 is 0 Å². The summed E-state index contributed by atoms with van der Waals surface area (Å²) in [5, 5.41) is 0. The summed E-state index contributed by atoms with van der Waals surface area (Å²) in [5.41, 5.74) is 2.16. The molecular formula is C15H22N2O3. The number of aromatic nitrogens is 1. The van der Waals surface area contributed by atoms with Crippen LogP contribution < -0.4 is 0 Å². The van der Waals surface area contributed by atoms with Crippen LogP contribution in [0.4, 0.5) is 0 Å². The summed E-state index contributed by atoms with van der Waals surface area (Å²) < 4.78 is 4.81. The van der Waals surface area contributed by atoms with Crippen LogP contribution in [0.25, 0.3) is 0 Å². The monoisotopic (exact) mass is 278 g/mol. The van der Waals surface area contributed by atoms with Crippen LogP contribution in [0, 0.1) is 6.92 Å². The van der Waals surface area contributed by atoms with E-state index in [9.17, 15) is 9.59 Å². The maximum Gasteiger partial charge on any atom is 0.325 e. The highest BCUT2D eigenvalue weighted by molar-refractivity contribution is 5.81. The quantitative estimate of drug-likeness (QED) is 0.713. The van der Waals surface area contributed by atoms with E-state index in [0.717, 1.165) is 18.5 Å². The zero-order valence-electron chi connectivity index (χ0n) is 12.4. The molecule has 0 atom stereocenters. The summed E-state index contributed by atoms with van der Waals surface area (Å²) in [6.07, 6.45) is 3.80. The van der Waals surface area contributed by atoms with Crippen LogP contribution >= 0.6 is 0 Å². The lowest BCUT2D eigenvalue weighted by Gasteiger charge is -2.15. The molecule has 0 spiro atoms. The second-order valence-corrected chi connectivity index (χ2v) is 4.71. The van der Waals surface area contributed by atoms with E-state index in [1.165, 1.54) is 10.5 Å². The minimum absolute atomic E-state index is 0.0149. The molecule has 0 saturated heterocycles. The normalized spacial score (nSPS) is 10.2. The van der Waals surface area contributed by atoms with Gasteiger partial charge in [0.1, 0.15) is 6.54 Å². The Bertz CT molecular complexity index is 460. The Labute approximate surface area is 119 Å². The maximum absolute atomic E-state index is 11.8. The topological polar surface area (TPSA) is 59.5 Å². The lowest BCUT2D eigenvalue weighted by molar-refractivity contribution is -0.148. The first-order chi connectivity index (χ1) is 9.52. The van der Waals surface area contributed by atoms with Gasteiger partial charge < -0.3 is 9.64 Å². The molecule has 5 heteroatoms. The van der Waals surface area contributed by atoms with Crippen molar-refractivity contribution in [3.63, 3.8) is 0 Å². The zero-order valence-corrected chi connectivity index (χ0v) is 12.4. The smallest absolute Gasteiger partial charge is 0.325 e. The third-order valence-corrected chi connectivity index (χ3v) is 2.91. The minimum atomic E-state index is -0.367. The number of nitrogens with zero attached hydrogens (tertiary/aromatic N) is 2. The van der Waals surface area contributed by atoms with Gasteiger partial charge in [-0.3, -0.25) is 14.6 Å².